The lowest BCUT2D eigenvalue weighted by molar-refractivity contribution is 0.369. The summed E-state index contributed by atoms with van der Waals surface area (Å²) in [5, 5.41) is 0. The van der Waals surface area contributed by atoms with E-state index in [0.717, 1.165) is 19.7 Å². The summed E-state index contributed by atoms with van der Waals surface area (Å²) in [5.74, 6) is 2.20. The SMILES string of the molecule is IC1C2CCC1C2I. The third kappa shape index (κ3) is 0.617. The van der Waals surface area contributed by atoms with Gasteiger partial charge in [-0.2, -0.15) is 0 Å². The standard InChI is InChI=1S/C6H8I2/c7-5-3-1-2-4(5)6(3)8/h3-6H,1-2H2. The summed E-state index contributed by atoms with van der Waals surface area (Å²) in [6.07, 6.45) is 3.04. The summed E-state index contributed by atoms with van der Waals surface area (Å²) in [7, 11) is 0. The Morgan fingerprint density at radius 1 is 0.875 bits per heavy atom. The largest absolute Gasteiger partial charge is 0.0819 e. The van der Waals surface area contributed by atoms with E-state index >= 15 is 0 Å². The Morgan fingerprint density at radius 3 is 1.38 bits per heavy atom. The molecule has 0 heterocycles. The second kappa shape index (κ2) is 1.97. The van der Waals surface area contributed by atoms with Gasteiger partial charge in [-0.15, -0.1) is 0 Å². The van der Waals surface area contributed by atoms with Crippen molar-refractivity contribution in [2.45, 2.75) is 20.7 Å². The monoisotopic (exact) mass is 334 g/mol. The van der Waals surface area contributed by atoms with Crippen LogP contribution in [-0.4, -0.2) is 7.85 Å². The molecule has 2 bridgehead atoms. The highest BCUT2D eigenvalue weighted by atomic mass is 127. The van der Waals surface area contributed by atoms with Crippen LogP contribution in [0.1, 0.15) is 12.8 Å². The summed E-state index contributed by atoms with van der Waals surface area (Å²) >= 11 is 5.24. The van der Waals surface area contributed by atoms with Gasteiger partial charge in [0.1, 0.15) is 0 Å². The molecule has 0 N–H and O–H groups in total. The van der Waals surface area contributed by atoms with Crippen LogP contribution in [0.15, 0.2) is 0 Å². The summed E-state index contributed by atoms with van der Waals surface area (Å²) in [6.45, 7) is 0. The first-order chi connectivity index (χ1) is 3.80. The summed E-state index contributed by atoms with van der Waals surface area (Å²) < 4.78 is 2.10. The molecule has 0 aromatic heterocycles. The van der Waals surface area contributed by atoms with E-state index in [0.29, 0.717) is 0 Å². The minimum atomic E-state index is 1.05. The molecule has 2 heteroatoms. The van der Waals surface area contributed by atoms with Crippen LogP contribution in [0.5, 0.6) is 0 Å². The molecular weight excluding hydrogens is 326 g/mol. The molecule has 3 aliphatic carbocycles. The lowest BCUT2D eigenvalue weighted by Gasteiger charge is -2.37. The number of fused-ring (bicyclic) bond motifs is 1. The molecule has 0 aliphatic heterocycles. The Balaban J connectivity index is 2.15. The molecule has 3 rings (SSSR count). The molecular formula is C6H8I2. The Bertz CT molecular complexity index is 91.1. The fourth-order valence-electron chi connectivity index (χ4n) is 1.86. The quantitative estimate of drug-likeness (QED) is 0.472. The maximum absolute atomic E-state index is 2.62. The summed E-state index contributed by atoms with van der Waals surface area (Å²) in [6, 6.07) is 0. The fourth-order valence-corrected chi connectivity index (χ4v) is 6.68. The number of alkyl halides is 2. The van der Waals surface area contributed by atoms with Crippen molar-refractivity contribution in [2.75, 3.05) is 0 Å². The van der Waals surface area contributed by atoms with Gasteiger partial charge in [-0.25, -0.2) is 0 Å². The maximum Gasteiger partial charge on any atom is 0.0186 e. The van der Waals surface area contributed by atoms with Crippen molar-refractivity contribution < 1.29 is 0 Å². The molecule has 0 spiro atoms. The lowest BCUT2D eigenvalue weighted by Crippen LogP contribution is -2.40. The average Bonchev–Trinajstić information content (AvgIpc) is 2.26. The average molecular weight is 334 g/mol. The van der Waals surface area contributed by atoms with Crippen molar-refractivity contribution in [3.8, 4) is 0 Å². The van der Waals surface area contributed by atoms with Crippen molar-refractivity contribution in [3.05, 3.63) is 0 Å². The Morgan fingerprint density at radius 2 is 1.25 bits per heavy atom. The first-order valence-electron chi connectivity index (χ1n) is 3.09. The van der Waals surface area contributed by atoms with Gasteiger partial charge in [0.05, 0.1) is 0 Å². The predicted octanol–water partition coefficient (Wildman–Crippen LogP) is 2.63. The van der Waals surface area contributed by atoms with E-state index in [1.54, 1.807) is 0 Å². The number of hydrogen-bond acceptors (Lipinski definition) is 0. The minimum Gasteiger partial charge on any atom is -0.0819 e. The molecule has 3 aliphatic rings. The van der Waals surface area contributed by atoms with E-state index in [2.05, 4.69) is 45.2 Å². The van der Waals surface area contributed by atoms with Crippen LogP contribution in [-0.2, 0) is 0 Å². The Labute approximate surface area is 77.1 Å². The van der Waals surface area contributed by atoms with Gasteiger partial charge in [0.2, 0.25) is 0 Å². The van der Waals surface area contributed by atoms with Crippen molar-refractivity contribution >= 4 is 45.2 Å². The third-order valence-corrected chi connectivity index (χ3v) is 6.16. The molecule has 3 saturated carbocycles. The van der Waals surface area contributed by atoms with Crippen molar-refractivity contribution in [3.63, 3.8) is 0 Å². The number of rotatable bonds is 0. The van der Waals surface area contributed by atoms with E-state index < -0.39 is 0 Å². The molecule has 3 fully saturated rings. The lowest BCUT2D eigenvalue weighted by atomic mass is 9.84. The Hall–Kier alpha value is 1.46. The molecule has 0 unspecified atom stereocenters. The molecule has 46 valence electrons. The van der Waals surface area contributed by atoms with E-state index in [9.17, 15) is 0 Å². The highest BCUT2D eigenvalue weighted by molar-refractivity contribution is 14.1. The van der Waals surface area contributed by atoms with Crippen LogP contribution < -0.4 is 0 Å². The van der Waals surface area contributed by atoms with Crippen LogP contribution in [0.2, 0.25) is 0 Å². The van der Waals surface area contributed by atoms with Gasteiger partial charge in [-0.1, -0.05) is 45.2 Å². The topological polar surface area (TPSA) is 0 Å². The normalized spacial score (nSPS) is 60.8. The van der Waals surface area contributed by atoms with E-state index in [4.69, 9.17) is 0 Å². The molecule has 0 amide bonds. The first-order valence-corrected chi connectivity index (χ1v) is 5.58. The minimum absolute atomic E-state index is 1.05. The number of hydrogen-bond donors (Lipinski definition) is 0. The first kappa shape index (κ1) is 6.19. The van der Waals surface area contributed by atoms with Crippen molar-refractivity contribution in [1.82, 2.24) is 0 Å². The second-order valence-electron chi connectivity index (χ2n) is 2.79. The van der Waals surface area contributed by atoms with Gasteiger partial charge in [-0.05, 0) is 24.7 Å². The fraction of sp³-hybridized carbons (Fsp3) is 1.00. The van der Waals surface area contributed by atoms with Crippen molar-refractivity contribution in [2.24, 2.45) is 11.8 Å². The molecule has 0 nitrogen and oxygen atoms in total. The zero-order chi connectivity index (χ0) is 5.72. The zero-order valence-corrected chi connectivity index (χ0v) is 8.79. The van der Waals surface area contributed by atoms with Crippen LogP contribution in [0, 0.1) is 11.8 Å². The van der Waals surface area contributed by atoms with Crippen molar-refractivity contribution in [1.29, 1.82) is 0 Å². The van der Waals surface area contributed by atoms with Crippen LogP contribution >= 0.6 is 45.2 Å². The highest BCUT2D eigenvalue weighted by Gasteiger charge is 2.52. The van der Waals surface area contributed by atoms with Gasteiger partial charge in [0.25, 0.3) is 0 Å². The molecule has 0 aromatic carbocycles. The Kier molecular flexibility index (Phi) is 1.52. The molecule has 0 atom stereocenters. The van der Waals surface area contributed by atoms with E-state index in [-0.39, 0.29) is 0 Å². The highest BCUT2D eigenvalue weighted by Crippen LogP contribution is 2.56. The van der Waals surface area contributed by atoms with E-state index in [1.165, 1.54) is 12.8 Å². The zero-order valence-electron chi connectivity index (χ0n) is 4.48. The van der Waals surface area contributed by atoms with Crippen LogP contribution in [0.4, 0.5) is 0 Å². The summed E-state index contributed by atoms with van der Waals surface area (Å²) in [4.78, 5) is 0. The smallest absolute Gasteiger partial charge is 0.0186 e. The van der Waals surface area contributed by atoms with Crippen LogP contribution in [0.25, 0.3) is 0 Å². The van der Waals surface area contributed by atoms with E-state index in [1.807, 2.05) is 0 Å². The maximum atomic E-state index is 2.62. The molecule has 8 heavy (non-hydrogen) atoms. The molecule has 0 radical (unpaired) electrons. The van der Waals surface area contributed by atoms with Gasteiger partial charge >= 0.3 is 0 Å². The van der Waals surface area contributed by atoms with Crippen LogP contribution in [0.3, 0.4) is 0 Å². The molecule has 0 saturated heterocycles. The third-order valence-electron chi connectivity index (χ3n) is 2.47. The van der Waals surface area contributed by atoms with Gasteiger partial charge in [0, 0.05) is 7.85 Å². The van der Waals surface area contributed by atoms with Gasteiger partial charge < -0.3 is 0 Å². The molecule has 0 aromatic rings. The number of halogens is 2. The van der Waals surface area contributed by atoms with Gasteiger partial charge in [0.15, 0.2) is 0 Å². The van der Waals surface area contributed by atoms with Gasteiger partial charge in [-0.3, -0.25) is 0 Å². The predicted molar refractivity (Wildman–Crippen MR) is 51.8 cm³/mol. The second-order valence-corrected chi connectivity index (χ2v) is 5.67. The summed E-state index contributed by atoms with van der Waals surface area (Å²) in [5.41, 5.74) is 0.